The fourth-order valence-corrected chi connectivity index (χ4v) is 4.25. The van der Waals surface area contributed by atoms with E-state index in [1.54, 1.807) is 19.2 Å². The number of carbonyl (C=O) groups is 1. The zero-order chi connectivity index (χ0) is 23.5. The van der Waals surface area contributed by atoms with E-state index in [1.165, 1.54) is 6.20 Å². The van der Waals surface area contributed by atoms with Crippen molar-refractivity contribution in [1.29, 1.82) is 0 Å². The SMILES string of the molecule is CNC(=O)c1cc(N2CCC(Oc3ccccc3)CC2)cc(Nc2ccc3c(F)c[nH]c3c2)n1. The number of anilines is 3. The van der Waals surface area contributed by atoms with Crippen LogP contribution in [0.5, 0.6) is 5.75 Å². The van der Waals surface area contributed by atoms with Crippen LogP contribution in [0.4, 0.5) is 21.6 Å². The first kappa shape index (κ1) is 21.8. The van der Waals surface area contributed by atoms with Crippen LogP contribution in [0.25, 0.3) is 10.9 Å². The number of para-hydroxylation sites is 1. The molecule has 0 atom stereocenters. The lowest BCUT2D eigenvalue weighted by Crippen LogP contribution is -2.38. The number of benzene rings is 2. The van der Waals surface area contributed by atoms with Crippen molar-refractivity contribution in [2.45, 2.75) is 18.9 Å². The van der Waals surface area contributed by atoms with Gasteiger partial charge >= 0.3 is 0 Å². The quantitative estimate of drug-likeness (QED) is 0.384. The summed E-state index contributed by atoms with van der Waals surface area (Å²) in [6.45, 7) is 1.61. The summed E-state index contributed by atoms with van der Waals surface area (Å²) in [5.74, 6) is 0.889. The van der Waals surface area contributed by atoms with Gasteiger partial charge in [0.15, 0.2) is 0 Å². The first-order valence-corrected chi connectivity index (χ1v) is 11.3. The number of ether oxygens (including phenoxy) is 1. The molecule has 4 aromatic rings. The maximum atomic E-state index is 13.8. The van der Waals surface area contributed by atoms with Crippen molar-refractivity contribution in [2.75, 3.05) is 30.4 Å². The molecule has 3 N–H and O–H groups in total. The number of rotatable bonds is 6. The summed E-state index contributed by atoms with van der Waals surface area (Å²) in [7, 11) is 1.59. The molecule has 7 nitrogen and oxygen atoms in total. The molecule has 3 heterocycles. The van der Waals surface area contributed by atoms with Crippen molar-refractivity contribution < 1.29 is 13.9 Å². The molecule has 8 heteroatoms. The van der Waals surface area contributed by atoms with Gasteiger partial charge in [-0.2, -0.15) is 0 Å². The van der Waals surface area contributed by atoms with Crippen LogP contribution >= 0.6 is 0 Å². The van der Waals surface area contributed by atoms with Crippen molar-refractivity contribution in [3.63, 3.8) is 0 Å². The number of hydrogen-bond acceptors (Lipinski definition) is 5. The number of piperidine rings is 1. The number of H-pyrrole nitrogens is 1. The summed E-state index contributed by atoms with van der Waals surface area (Å²) in [6, 6.07) is 18.9. The molecule has 0 bridgehead atoms. The molecule has 5 rings (SSSR count). The third kappa shape index (κ3) is 4.66. The van der Waals surface area contributed by atoms with Gasteiger partial charge < -0.3 is 25.3 Å². The molecule has 174 valence electrons. The number of nitrogens with zero attached hydrogens (tertiary/aromatic N) is 2. The number of pyridine rings is 1. The molecule has 2 aromatic carbocycles. The highest BCUT2D eigenvalue weighted by atomic mass is 19.1. The van der Waals surface area contributed by atoms with Gasteiger partial charge in [-0.05, 0) is 36.4 Å². The highest BCUT2D eigenvalue weighted by Crippen LogP contribution is 2.28. The minimum atomic E-state index is -0.289. The number of aromatic nitrogens is 2. The van der Waals surface area contributed by atoms with Gasteiger partial charge in [0.1, 0.15) is 29.2 Å². The minimum absolute atomic E-state index is 0.157. The summed E-state index contributed by atoms with van der Waals surface area (Å²) in [5, 5.41) is 6.44. The minimum Gasteiger partial charge on any atom is -0.490 e. The Bertz CT molecular complexity index is 1300. The first-order chi connectivity index (χ1) is 16.6. The van der Waals surface area contributed by atoms with Gasteiger partial charge in [-0.25, -0.2) is 9.37 Å². The van der Waals surface area contributed by atoms with E-state index in [-0.39, 0.29) is 17.8 Å². The first-order valence-electron chi connectivity index (χ1n) is 11.3. The van der Waals surface area contributed by atoms with E-state index >= 15 is 0 Å². The number of halogens is 1. The maximum absolute atomic E-state index is 13.8. The predicted octanol–water partition coefficient (Wildman–Crippen LogP) is 4.85. The molecule has 1 saturated heterocycles. The van der Waals surface area contributed by atoms with E-state index in [0.29, 0.717) is 22.4 Å². The lowest BCUT2D eigenvalue weighted by Gasteiger charge is -2.34. The van der Waals surface area contributed by atoms with Crippen LogP contribution in [0.2, 0.25) is 0 Å². The van der Waals surface area contributed by atoms with E-state index in [0.717, 1.165) is 43.1 Å². The van der Waals surface area contributed by atoms with Crippen LogP contribution in [-0.4, -0.2) is 42.1 Å². The lowest BCUT2D eigenvalue weighted by molar-refractivity contribution is 0.0958. The second-order valence-corrected chi connectivity index (χ2v) is 8.31. The standard InChI is InChI=1S/C26H26FN5O2/c1-28-26(33)24-14-18(32-11-9-20(10-12-32)34-19-5-3-2-4-6-19)15-25(31-24)30-17-7-8-21-22(27)16-29-23(21)13-17/h2-8,13-16,20,29H,9-12H2,1H3,(H,28,33)(H,30,31). The average Bonchev–Trinajstić information content (AvgIpc) is 3.24. The van der Waals surface area contributed by atoms with Crippen LogP contribution in [0.1, 0.15) is 23.3 Å². The normalized spacial score (nSPS) is 14.2. The molecule has 0 radical (unpaired) electrons. The van der Waals surface area contributed by atoms with Crippen molar-refractivity contribution in [2.24, 2.45) is 0 Å². The van der Waals surface area contributed by atoms with Crippen molar-refractivity contribution in [3.05, 3.63) is 78.4 Å². The van der Waals surface area contributed by atoms with E-state index in [2.05, 4.69) is 25.5 Å². The van der Waals surface area contributed by atoms with E-state index in [1.807, 2.05) is 48.5 Å². The Kier molecular flexibility index (Phi) is 6.03. The predicted molar refractivity (Wildman–Crippen MR) is 131 cm³/mol. The van der Waals surface area contributed by atoms with Gasteiger partial charge in [0.05, 0.1) is 5.52 Å². The van der Waals surface area contributed by atoms with Crippen LogP contribution in [0.15, 0.2) is 66.9 Å². The third-order valence-electron chi connectivity index (χ3n) is 6.03. The fourth-order valence-electron chi connectivity index (χ4n) is 4.25. The molecular formula is C26H26FN5O2. The Morgan fingerprint density at radius 1 is 1.12 bits per heavy atom. The maximum Gasteiger partial charge on any atom is 0.269 e. The molecule has 0 spiro atoms. The topological polar surface area (TPSA) is 82.3 Å². The second kappa shape index (κ2) is 9.43. The van der Waals surface area contributed by atoms with Crippen LogP contribution in [0.3, 0.4) is 0 Å². The molecule has 0 saturated carbocycles. The number of fused-ring (bicyclic) bond motifs is 1. The summed E-state index contributed by atoms with van der Waals surface area (Å²) in [6.07, 6.45) is 3.25. The molecule has 34 heavy (non-hydrogen) atoms. The Labute approximate surface area is 197 Å². The zero-order valence-electron chi connectivity index (χ0n) is 18.8. The average molecular weight is 460 g/mol. The van der Waals surface area contributed by atoms with Gasteiger partial charge in [0.25, 0.3) is 5.91 Å². The largest absolute Gasteiger partial charge is 0.490 e. The van der Waals surface area contributed by atoms with Crippen LogP contribution in [0, 0.1) is 5.82 Å². The molecule has 1 fully saturated rings. The van der Waals surface area contributed by atoms with Crippen LogP contribution in [-0.2, 0) is 0 Å². The Balaban J connectivity index is 1.34. The molecule has 1 amide bonds. The second-order valence-electron chi connectivity index (χ2n) is 8.31. The summed E-state index contributed by atoms with van der Waals surface area (Å²) in [4.78, 5) is 22.1. The molecular weight excluding hydrogens is 433 g/mol. The Hall–Kier alpha value is -4.07. The van der Waals surface area contributed by atoms with E-state index in [4.69, 9.17) is 4.74 Å². The highest BCUT2D eigenvalue weighted by molar-refractivity contribution is 5.94. The zero-order valence-corrected chi connectivity index (χ0v) is 18.8. The highest BCUT2D eigenvalue weighted by Gasteiger charge is 2.22. The summed E-state index contributed by atoms with van der Waals surface area (Å²) in [5.41, 5.74) is 2.68. The third-order valence-corrected chi connectivity index (χ3v) is 6.03. The number of nitrogens with one attached hydrogen (secondary N) is 3. The molecule has 2 aromatic heterocycles. The summed E-state index contributed by atoms with van der Waals surface area (Å²) >= 11 is 0. The molecule has 0 aliphatic carbocycles. The van der Waals surface area contributed by atoms with Crippen LogP contribution < -0.4 is 20.3 Å². The van der Waals surface area contributed by atoms with Crippen molar-refractivity contribution in [3.8, 4) is 5.75 Å². The van der Waals surface area contributed by atoms with Crippen molar-refractivity contribution >= 4 is 34.0 Å². The number of carbonyl (C=O) groups excluding carboxylic acids is 1. The monoisotopic (exact) mass is 459 g/mol. The number of hydrogen-bond donors (Lipinski definition) is 3. The molecule has 0 unspecified atom stereocenters. The van der Waals surface area contributed by atoms with Gasteiger partial charge in [0.2, 0.25) is 0 Å². The molecule has 1 aliphatic rings. The van der Waals surface area contributed by atoms with Gasteiger partial charge in [-0.1, -0.05) is 18.2 Å². The van der Waals surface area contributed by atoms with Gasteiger partial charge in [-0.15, -0.1) is 0 Å². The van der Waals surface area contributed by atoms with E-state index < -0.39 is 0 Å². The molecule has 1 aliphatic heterocycles. The van der Waals surface area contributed by atoms with Gasteiger partial charge in [0, 0.05) is 62.0 Å². The fraction of sp³-hybridized carbons (Fsp3) is 0.231. The summed E-state index contributed by atoms with van der Waals surface area (Å²) < 4.78 is 19.9. The van der Waals surface area contributed by atoms with Gasteiger partial charge in [-0.3, -0.25) is 4.79 Å². The Morgan fingerprint density at radius 3 is 2.68 bits per heavy atom. The lowest BCUT2D eigenvalue weighted by atomic mass is 10.1. The van der Waals surface area contributed by atoms with E-state index in [9.17, 15) is 9.18 Å². The smallest absolute Gasteiger partial charge is 0.269 e. The Morgan fingerprint density at radius 2 is 1.91 bits per heavy atom. The number of amides is 1. The van der Waals surface area contributed by atoms with Crippen molar-refractivity contribution in [1.82, 2.24) is 15.3 Å². The number of aromatic amines is 1.